The van der Waals surface area contributed by atoms with E-state index in [2.05, 4.69) is 17.9 Å². The highest BCUT2D eigenvalue weighted by molar-refractivity contribution is 7.80. The number of cyclic esters (lactones) is 2. The first-order chi connectivity index (χ1) is 8.87. The average Bonchev–Trinajstić information content (AvgIpc) is 2.26. The molecule has 0 aromatic heterocycles. The summed E-state index contributed by atoms with van der Waals surface area (Å²) >= 11 is 4.19. The van der Waals surface area contributed by atoms with Crippen LogP contribution in [0.25, 0.3) is 0 Å². The molecule has 0 atom stereocenters. The first kappa shape index (κ1) is 13.5. The Hall–Kier alpha value is -1.95. The predicted octanol–water partition coefficient (Wildman–Crippen LogP) is 2.11. The first-order valence-electron chi connectivity index (χ1n) is 5.60. The molecule has 6 heteroatoms. The summed E-state index contributed by atoms with van der Waals surface area (Å²) in [5, 5.41) is 2.83. The zero-order chi connectivity index (χ0) is 14.0. The first-order valence-corrected chi connectivity index (χ1v) is 6.04. The quantitative estimate of drug-likeness (QED) is 0.376. The van der Waals surface area contributed by atoms with Crippen molar-refractivity contribution in [2.45, 2.75) is 24.5 Å². The van der Waals surface area contributed by atoms with Crippen LogP contribution >= 0.6 is 12.6 Å². The molecule has 1 aromatic carbocycles. The molecule has 19 heavy (non-hydrogen) atoms. The Morgan fingerprint density at radius 3 is 2.42 bits per heavy atom. The Kier molecular flexibility index (Phi) is 3.53. The summed E-state index contributed by atoms with van der Waals surface area (Å²) < 4.78 is 9.93. The van der Waals surface area contributed by atoms with Gasteiger partial charge >= 0.3 is 11.9 Å². The van der Waals surface area contributed by atoms with Crippen LogP contribution in [0.4, 0.5) is 5.69 Å². The highest BCUT2D eigenvalue weighted by Gasteiger charge is 2.38. The van der Waals surface area contributed by atoms with Crippen LogP contribution < -0.4 is 5.32 Å². The maximum atomic E-state index is 11.7. The fourth-order valence-corrected chi connectivity index (χ4v) is 1.75. The van der Waals surface area contributed by atoms with E-state index < -0.39 is 17.7 Å². The summed E-state index contributed by atoms with van der Waals surface area (Å²) in [7, 11) is 0. The zero-order valence-corrected chi connectivity index (χ0v) is 11.4. The van der Waals surface area contributed by atoms with E-state index in [4.69, 9.17) is 9.47 Å². The van der Waals surface area contributed by atoms with Crippen molar-refractivity contribution in [1.29, 1.82) is 0 Å². The van der Waals surface area contributed by atoms with Crippen LogP contribution in [-0.4, -0.2) is 17.7 Å². The van der Waals surface area contributed by atoms with Gasteiger partial charge in [-0.1, -0.05) is 6.07 Å². The fourth-order valence-electron chi connectivity index (χ4n) is 1.53. The van der Waals surface area contributed by atoms with Gasteiger partial charge in [-0.15, -0.1) is 12.6 Å². The molecule has 0 saturated carbocycles. The van der Waals surface area contributed by atoms with E-state index in [1.54, 1.807) is 18.2 Å². The van der Waals surface area contributed by atoms with Gasteiger partial charge in [0.15, 0.2) is 5.57 Å². The Morgan fingerprint density at radius 2 is 1.84 bits per heavy atom. The zero-order valence-electron chi connectivity index (χ0n) is 10.5. The summed E-state index contributed by atoms with van der Waals surface area (Å²) in [6, 6.07) is 7.14. The van der Waals surface area contributed by atoms with Gasteiger partial charge in [-0.25, -0.2) is 9.59 Å². The van der Waals surface area contributed by atoms with Crippen LogP contribution in [0.2, 0.25) is 0 Å². The van der Waals surface area contributed by atoms with Gasteiger partial charge in [0.25, 0.3) is 5.79 Å². The average molecular weight is 279 g/mol. The lowest BCUT2D eigenvalue weighted by Gasteiger charge is -2.29. The molecule has 1 aliphatic rings. The molecule has 1 aliphatic heterocycles. The number of anilines is 1. The van der Waals surface area contributed by atoms with Gasteiger partial charge in [-0.05, 0) is 18.2 Å². The molecular weight excluding hydrogens is 266 g/mol. The van der Waals surface area contributed by atoms with Crippen molar-refractivity contribution in [3.05, 3.63) is 36.0 Å². The fraction of sp³-hybridized carbons (Fsp3) is 0.231. The Bertz CT molecular complexity index is 544. The Labute approximate surface area is 116 Å². The van der Waals surface area contributed by atoms with Crippen LogP contribution in [0.1, 0.15) is 13.8 Å². The number of thiol groups is 1. The second-order valence-corrected chi connectivity index (χ2v) is 4.95. The number of ether oxygens (including phenoxy) is 2. The largest absolute Gasteiger partial charge is 0.419 e. The highest BCUT2D eigenvalue weighted by atomic mass is 32.1. The topological polar surface area (TPSA) is 64.6 Å². The number of rotatable bonds is 2. The van der Waals surface area contributed by atoms with Crippen molar-refractivity contribution in [2.75, 3.05) is 5.32 Å². The minimum atomic E-state index is -1.23. The molecule has 1 saturated heterocycles. The maximum absolute atomic E-state index is 11.7. The summed E-state index contributed by atoms with van der Waals surface area (Å²) in [5.74, 6) is -2.65. The van der Waals surface area contributed by atoms with Crippen molar-refractivity contribution in [1.82, 2.24) is 0 Å². The molecule has 1 heterocycles. The van der Waals surface area contributed by atoms with Gasteiger partial charge in [-0.3, -0.25) is 0 Å². The van der Waals surface area contributed by atoms with Gasteiger partial charge < -0.3 is 14.8 Å². The Morgan fingerprint density at radius 1 is 1.21 bits per heavy atom. The summed E-state index contributed by atoms with van der Waals surface area (Å²) in [4.78, 5) is 24.1. The van der Waals surface area contributed by atoms with Crippen molar-refractivity contribution in [3.8, 4) is 0 Å². The lowest BCUT2D eigenvalue weighted by molar-refractivity contribution is -0.222. The van der Waals surface area contributed by atoms with Crippen molar-refractivity contribution in [2.24, 2.45) is 0 Å². The summed E-state index contributed by atoms with van der Waals surface area (Å²) in [6.45, 7) is 2.99. The third kappa shape index (κ3) is 3.29. The minimum Gasteiger partial charge on any atom is -0.419 e. The SMILES string of the molecule is CC1(C)OC(=O)C(=CNc2cccc(S)c2)C(=O)O1. The van der Waals surface area contributed by atoms with Gasteiger partial charge in [0, 0.05) is 30.6 Å². The Balaban J connectivity index is 2.15. The molecule has 100 valence electrons. The van der Waals surface area contributed by atoms with Crippen molar-refractivity contribution < 1.29 is 19.1 Å². The number of benzene rings is 1. The molecule has 0 unspecified atom stereocenters. The molecule has 1 aromatic rings. The molecule has 0 amide bonds. The van der Waals surface area contributed by atoms with Crippen molar-refractivity contribution >= 4 is 30.3 Å². The van der Waals surface area contributed by atoms with Crippen molar-refractivity contribution in [3.63, 3.8) is 0 Å². The molecule has 2 rings (SSSR count). The van der Waals surface area contributed by atoms with Crippen LogP contribution in [0.15, 0.2) is 40.9 Å². The molecule has 0 spiro atoms. The summed E-state index contributed by atoms with van der Waals surface area (Å²) in [6.07, 6.45) is 1.27. The van der Waals surface area contributed by atoms with Gasteiger partial charge in [0.2, 0.25) is 0 Å². The number of carbonyl (C=O) groups is 2. The third-order valence-corrected chi connectivity index (χ3v) is 2.62. The second-order valence-electron chi connectivity index (χ2n) is 4.43. The molecular formula is C13H13NO4S. The van der Waals surface area contributed by atoms with Crippen LogP contribution in [0.5, 0.6) is 0 Å². The molecule has 0 radical (unpaired) electrons. The van der Waals surface area contributed by atoms with Crippen LogP contribution in [-0.2, 0) is 19.1 Å². The number of esters is 2. The van der Waals surface area contributed by atoms with E-state index in [0.29, 0.717) is 5.69 Å². The van der Waals surface area contributed by atoms with E-state index >= 15 is 0 Å². The normalized spacial score (nSPS) is 17.5. The second kappa shape index (κ2) is 4.97. The number of nitrogens with one attached hydrogen (secondary N) is 1. The standard InChI is InChI=1S/C13H13NO4S/c1-13(2)17-11(15)10(12(16)18-13)7-14-8-4-3-5-9(19)6-8/h3-7,14,19H,1-2H3. The molecule has 0 aliphatic carbocycles. The van der Waals surface area contributed by atoms with E-state index in [1.165, 1.54) is 20.0 Å². The number of carbonyl (C=O) groups excluding carboxylic acids is 2. The molecule has 1 N–H and O–H groups in total. The predicted molar refractivity (Wildman–Crippen MR) is 71.7 cm³/mol. The maximum Gasteiger partial charge on any atom is 0.350 e. The van der Waals surface area contributed by atoms with E-state index in [1.807, 2.05) is 6.07 Å². The number of hydrogen-bond donors (Lipinski definition) is 2. The third-order valence-electron chi connectivity index (χ3n) is 2.35. The highest BCUT2D eigenvalue weighted by Crippen LogP contribution is 2.23. The van der Waals surface area contributed by atoms with Crippen LogP contribution in [0.3, 0.4) is 0 Å². The van der Waals surface area contributed by atoms with Gasteiger partial charge in [0.05, 0.1) is 0 Å². The lowest BCUT2D eigenvalue weighted by atomic mass is 10.2. The monoisotopic (exact) mass is 279 g/mol. The van der Waals surface area contributed by atoms with E-state index in [-0.39, 0.29) is 5.57 Å². The number of hydrogen-bond acceptors (Lipinski definition) is 6. The van der Waals surface area contributed by atoms with E-state index in [0.717, 1.165) is 4.90 Å². The minimum absolute atomic E-state index is 0.177. The lowest BCUT2D eigenvalue weighted by Crippen LogP contribution is -2.42. The van der Waals surface area contributed by atoms with E-state index in [9.17, 15) is 9.59 Å². The van der Waals surface area contributed by atoms with Gasteiger partial charge in [0.1, 0.15) is 0 Å². The van der Waals surface area contributed by atoms with Gasteiger partial charge in [-0.2, -0.15) is 0 Å². The van der Waals surface area contributed by atoms with Crippen LogP contribution in [0, 0.1) is 0 Å². The molecule has 0 bridgehead atoms. The summed E-state index contributed by atoms with van der Waals surface area (Å²) in [5.41, 5.74) is 0.523. The molecule has 1 fully saturated rings. The molecule has 5 nitrogen and oxygen atoms in total. The smallest absolute Gasteiger partial charge is 0.350 e.